The Morgan fingerprint density at radius 2 is 1.93 bits per heavy atom. The van der Waals surface area contributed by atoms with Crippen molar-refractivity contribution >= 4 is 11.6 Å². The third-order valence-corrected chi connectivity index (χ3v) is 4.27. The highest BCUT2D eigenvalue weighted by molar-refractivity contribution is 6.33. The summed E-state index contributed by atoms with van der Waals surface area (Å²) in [5.74, 6) is 1.14. The van der Waals surface area contributed by atoms with Crippen LogP contribution in [0.5, 0.6) is 5.88 Å². The molecule has 0 saturated carbocycles. The summed E-state index contributed by atoms with van der Waals surface area (Å²) in [6.07, 6.45) is 0. The minimum atomic E-state index is 0.0574. The summed E-state index contributed by atoms with van der Waals surface area (Å²) in [5, 5.41) is 24.1. The van der Waals surface area contributed by atoms with Crippen molar-refractivity contribution in [1.82, 2.24) is 35.6 Å². The monoisotopic (exact) mass is 383 g/mol. The van der Waals surface area contributed by atoms with Crippen LogP contribution in [0.4, 0.5) is 0 Å². The molecule has 0 spiro atoms. The van der Waals surface area contributed by atoms with Gasteiger partial charge in [-0.2, -0.15) is 4.68 Å². The Hall–Kier alpha value is -3.33. The van der Waals surface area contributed by atoms with Gasteiger partial charge >= 0.3 is 0 Å². The zero-order chi connectivity index (χ0) is 18.8. The first kappa shape index (κ1) is 17.1. The molecule has 10 heteroatoms. The molecule has 3 aromatic heterocycles. The van der Waals surface area contributed by atoms with E-state index < -0.39 is 0 Å². The number of benzene rings is 1. The van der Waals surface area contributed by atoms with E-state index >= 15 is 0 Å². The first-order valence-corrected chi connectivity index (χ1v) is 8.43. The Kier molecular flexibility index (Phi) is 4.51. The normalized spacial score (nSPS) is 10.9. The number of rotatable bonds is 5. The fourth-order valence-electron chi connectivity index (χ4n) is 2.41. The Morgan fingerprint density at radius 3 is 2.63 bits per heavy atom. The van der Waals surface area contributed by atoms with Gasteiger partial charge in [-0.25, -0.2) is 0 Å². The Balaban J connectivity index is 1.53. The van der Waals surface area contributed by atoms with E-state index in [-0.39, 0.29) is 12.5 Å². The fraction of sp³-hybridized carbons (Fsp3) is 0.176. The zero-order valence-corrected chi connectivity index (χ0v) is 15.3. The maximum absolute atomic E-state index is 6.32. The van der Waals surface area contributed by atoms with Crippen molar-refractivity contribution in [2.45, 2.75) is 20.5 Å². The van der Waals surface area contributed by atoms with Gasteiger partial charge in [-0.15, -0.1) is 15.3 Å². The van der Waals surface area contributed by atoms with Crippen LogP contribution in [-0.2, 0) is 6.61 Å². The molecule has 136 valence electrons. The lowest BCUT2D eigenvalue weighted by Gasteiger charge is -2.07. The predicted octanol–water partition coefficient (Wildman–Crippen LogP) is 2.96. The van der Waals surface area contributed by atoms with Gasteiger partial charge in [-0.1, -0.05) is 47.1 Å². The van der Waals surface area contributed by atoms with Crippen LogP contribution in [0.25, 0.3) is 17.1 Å². The second-order valence-corrected chi connectivity index (χ2v) is 6.15. The van der Waals surface area contributed by atoms with Gasteiger partial charge in [0.1, 0.15) is 5.69 Å². The summed E-state index contributed by atoms with van der Waals surface area (Å²) in [5.41, 5.74) is 3.07. The van der Waals surface area contributed by atoms with E-state index in [0.29, 0.717) is 22.4 Å². The molecule has 0 radical (unpaired) electrons. The van der Waals surface area contributed by atoms with E-state index in [1.54, 1.807) is 6.07 Å². The third kappa shape index (κ3) is 3.36. The van der Waals surface area contributed by atoms with Crippen molar-refractivity contribution in [3.63, 3.8) is 0 Å². The number of hydrogen-bond acceptors (Lipinski definition) is 8. The summed E-state index contributed by atoms with van der Waals surface area (Å²) < 4.78 is 12.4. The molecule has 1 aromatic carbocycles. The van der Waals surface area contributed by atoms with E-state index in [9.17, 15) is 0 Å². The molecular formula is C17H14ClN7O2. The zero-order valence-electron chi connectivity index (χ0n) is 14.5. The summed E-state index contributed by atoms with van der Waals surface area (Å²) in [6, 6.07) is 11.2. The van der Waals surface area contributed by atoms with Gasteiger partial charge in [-0.3, -0.25) is 0 Å². The second-order valence-electron chi connectivity index (χ2n) is 5.74. The largest absolute Gasteiger partial charge is 0.468 e. The van der Waals surface area contributed by atoms with E-state index in [1.807, 2.05) is 44.2 Å². The van der Waals surface area contributed by atoms with Gasteiger partial charge in [0.15, 0.2) is 12.4 Å². The number of ether oxygens (including phenoxy) is 1. The number of halogens is 1. The topological polar surface area (TPSA) is 105 Å². The van der Waals surface area contributed by atoms with Gasteiger partial charge in [0, 0.05) is 17.2 Å². The quantitative estimate of drug-likeness (QED) is 0.518. The van der Waals surface area contributed by atoms with Gasteiger partial charge in [0.25, 0.3) is 5.88 Å². The Bertz CT molecular complexity index is 1080. The minimum Gasteiger partial charge on any atom is -0.468 e. The van der Waals surface area contributed by atoms with Crippen molar-refractivity contribution in [3.05, 3.63) is 58.5 Å². The second kappa shape index (κ2) is 7.12. The molecule has 9 nitrogen and oxygen atoms in total. The van der Waals surface area contributed by atoms with Crippen LogP contribution < -0.4 is 4.74 Å². The van der Waals surface area contributed by atoms with Gasteiger partial charge in [0.2, 0.25) is 5.88 Å². The lowest BCUT2D eigenvalue weighted by atomic mass is 10.1. The van der Waals surface area contributed by atoms with Crippen molar-refractivity contribution in [2.75, 3.05) is 0 Å². The van der Waals surface area contributed by atoms with Gasteiger partial charge < -0.3 is 9.26 Å². The first-order valence-electron chi connectivity index (χ1n) is 8.05. The highest BCUT2D eigenvalue weighted by Gasteiger charge is 2.17. The Morgan fingerprint density at radius 1 is 1.11 bits per heavy atom. The molecule has 0 aliphatic rings. The van der Waals surface area contributed by atoms with Gasteiger partial charge in [-0.05, 0) is 24.3 Å². The molecule has 4 rings (SSSR count). The molecule has 3 heterocycles. The highest BCUT2D eigenvalue weighted by Crippen LogP contribution is 2.27. The van der Waals surface area contributed by atoms with Crippen LogP contribution in [-0.4, -0.2) is 35.6 Å². The molecule has 0 saturated heterocycles. The summed E-state index contributed by atoms with van der Waals surface area (Å²) in [4.78, 5) is 0. The van der Waals surface area contributed by atoms with E-state index in [1.165, 1.54) is 4.68 Å². The molecule has 4 aromatic rings. The smallest absolute Gasteiger partial charge is 0.258 e. The van der Waals surface area contributed by atoms with Crippen LogP contribution in [0, 0.1) is 13.8 Å². The number of aromatic nitrogens is 7. The SMILES string of the molecule is Cc1noc(-n2nnnc2COc2cc(Cl)c(-c3ccccc3)nn2)c1C. The van der Waals surface area contributed by atoms with Crippen molar-refractivity contribution in [1.29, 1.82) is 0 Å². The molecule has 0 atom stereocenters. The number of hydrogen-bond donors (Lipinski definition) is 0. The van der Waals surface area contributed by atoms with Crippen LogP contribution in [0.1, 0.15) is 17.1 Å². The lowest BCUT2D eigenvalue weighted by Crippen LogP contribution is -2.08. The van der Waals surface area contributed by atoms with Crippen LogP contribution >= 0.6 is 11.6 Å². The molecule has 0 aliphatic carbocycles. The predicted molar refractivity (Wildman–Crippen MR) is 95.5 cm³/mol. The number of aryl methyl sites for hydroxylation is 1. The number of tetrazole rings is 1. The Labute approximate surface area is 158 Å². The van der Waals surface area contributed by atoms with Gasteiger partial charge in [0.05, 0.1) is 10.7 Å². The van der Waals surface area contributed by atoms with E-state index in [2.05, 4.69) is 30.9 Å². The molecule has 0 N–H and O–H groups in total. The number of nitrogens with zero attached hydrogens (tertiary/aromatic N) is 7. The van der Waals surface area contributed by atoms with E-state index in [4.69, 9.17) is 20.9 Å². The van der Waals surface area contributed by atoms with Crippen LogP contribution in [0.2, 0.25) is 5.02 Å². The summed E-state index contributed by atoms with van der Waals surface area (Å²) >= 11 is 6.32. The standard InChI is InChI=1S/C17H14ClN7O2/c1-10-11(2)22-27-17(10)25-14(19-23-24-25)9-26-15-8-13(18)16(21-20-15)12-6-4-3-5-7-12/h3-8H,9H2,1-2H3. The van der Waals surface area contributed by atoms with Crippen LogP contribution in [0.15, 0.2) is 40.9 Å². The summed E-state index contributed by atoms with van der Waals surface area (Å²) in [6.45, 7) is 3.78. The minimum absolute atomic E-state index is 0.0574. The highest BCUT2D eigenvalue weighted by atomic mass is 35.5. The van der Waals surface area contributed by atoms with E-state index in [0.717, 1.165) is 16.8 Å². The fourth-order valence-corrected chi connectivity index (χ4v) is 2.65. The average molecular weight is 384 g/mol. The first-order chi connectivity index (χ1) is 13.1. The maximum atomic E-state index is 6.32. The molecule has 0 fully saturated rings. The van der Waals surface area contributed by atoms with Crippen LogP contribution in [0.3, 0.4) is 0 Å². The molecule has 27 heavy (non-hydrogen) atoms. The van der Waals surface area contributed by atoms with Crippen molar-refractivity contribution in [3.8, 4) is 23.0 Å². The maximum Gasteiger partial charge on any atom is 0.258 e. The van der Waals surface area contributed by atoms with Crippen molar-refractivity contribution < 1.29 is 9.26 Å². The molecule has 0 bridgehead atoms. The third-order valence-electron chi connectivity index (χ3n) is 3.98. The molecule has 0 aliphatic heterocycles. The van der Waals surface area contributed by atoms with Crippen molar-refractivity contribution in [2.24, 2.45) is 0 Å². The average Bonchev–Trinajstić information content (AvgIpc) is 3.27. The lowest BCUT2D eigenvalue weighted by molar-refractivity contribution is 0.274. The summed E-state index contributed by atoms with van der Waals surface area (Å²) in [7, 11) is 0. The molecular weight excluding hydrogens is 370 g/mol. The molecule has 0 amide bonds. The molecule has 0 unspecified atom stereocenters.